The SMILES string of the molecule is COc1ccc(CNC(=O)CSc2ccccc2C(=O)OCC(=O)C(C)(C)C)cc1. The van der Waals surface area contributed by atoms with Crippen LogP contribution in [0.15, 0.2) is 53.4 Å². The van der Waals surface area contributed by atoms with Crippen molar-refractivity contribution in [3.63, 3.8) is 0 Å². The quantitative estimate of drug-likeness (QED) is 0.481. The first-order valence-electron chi connectivity index (χ1n) is 9.52. The van der Waals surface area contributed by atoms with Gasteiger partial charge in [-0.2, -0.15) is 0 Å². The summed E-state index contributed by atoms with van der Waals surface area (Å²) in [6, 6.07) is 14.3. The summed E-state index contributed by atoms with van der Waals surface area (Å²) in [5.74, 6) is 0.0323. The van der Waals surface area contributed by atoms with Gasteiger partial charge in [-0.1, -0.05) is 45.0 Å². The van der Waals surface area contributed by atoms with Crippen molar-refractivity contribution < 1.29 is 23.9 Å². The van der Waals surface area contributed by atoms with Gasteiger partial charge in [0.15, 0.2) is 12.4 Å². The number of methoxy groups -OCH3 is 1. The minimum atomic E-state index is -0.575. The molecule has 0 saturated carbocycles. The van der Waals surface area contributed by atoms with Crippen molar-refractivity contribution >= 4 is 29.4 Å². The van der Waals surface area contributed by atoms with Gasteiger partial charge in [0.25, 0.3) is 0 Å². The maximum Gasteiger partial charge on any atom is 0.339 e. The molecule has 7 heteroatoms. The number of hydrogen-bond acceptors (Lipinski definition) is 6. The Balaban J connectivity index is 1.88. The molecule has 160 valence electrons. The Labute approximate surface area is 181 Å². The van der Waals surface area contributed by atoms with Crippen molar-refractivity contribution in [1.29, 1.82) is 0 Å². The van der Waals surface area contributed by atoms with E-state index in [1.807, 2.05) is 24.3 Å². The minimum absolute atomic E-state index is 0.151. The first kappa shape index (κ1) is 23.5. The molecule has 0 aliphatic rings. The normalized spacial score (nSPS) is 10.9. The topological polar surface area (TPSA) is 81.7 Å². The fraction of sp³-hybridized carbons (Fsp3) is 0.348. The van der Waals surface area contributed by atoms with Gasteiger partial charge in [-0.05, 0) is 29.8 Å². The number of nitrogens with one attached hydrogen (secondary N) is 1. The molecule has 0 atom stereocenters. The Kier molecular flexibility index (Phi) is 8.47. The van der Waals surface area contributed by atoms with Crippen LogP contribution in [0.4, 0.5) is 0 Å². The molecule has 6 nitrogen and oxygen atoms in total. The molecule has 0 spiro atoms. The van der Waals surface area contributed by atoms with Gasteiger partial charge in [0.1, 0.15) is 5.75 Å². The molecule has 0 aliphatic heterocycles. The Morgan fingerprint density at radius 1 is 1.00 bits per heavy atom. The van der Waals surface area contributed by atoms with Crippen LogP contribution >= 0.6 is 11.8 Å². The number of hydrogen-bond donors (Lipinski definition) is 1. The third-order valence-corrected chi connectivity index (χ3v) is 5.36. The van der Waals surface area contributed by atoms with Crippen molar-refractivity contribution in [3.8, 4) is 5.75 Å². The van der Waals surface area contributed by atoms with E-state index in [9.17, 15) is 14.4 Å². The highest BCUT2D eigenvalue weighted by molar-refractivity contribution is 8.00. The smallest absolute Gasteiger partial charge is 0.339 e. The largest absolute Gasteiger partial charge is 0.497 e. The van der Waals surface area contributed by atoms with Crippen LogP contribution in [-0.2, 0) is 20.9 Å². The first-order chi connectivity index (χ1) is 14.2. The minimum Gasteiger partial charge on any atom is -0.497 e. The summed E-state index contributed by atoms with van der Waals surface area (Å²) in [7, 11) is 1.60. The molecule has 0 saturated heterocycles. The van der Waals surface area contributed by atoms with Gasteiger partial charge >= 0.3 is 5.97 Å². The summed E-state index contributed by atoms with van der Waals surface area (Å²) in [5.41, 5.74) is 0.727. The summed E-state index contributed by atoms with van der Waals surface area (Å²) in [5, 5.41) is 2.85. The summed E-state index contributed by atoms with van der Waals surface area (Å²) in [6.07, 6.45) is 0. The molecule has 0 unspecified atom stereocenters. The Morgan fingerprint density at radius 3 is 2.30 bits per heavy atom. The van der Waals surface area contributed by atoms with Crippen LogP contribution in [0.2, 0.25) is 0 Å². The van der Waals surface area contributed by atoms with Crippen LogP contribution in [0.1, 0.15) is 36.7 Å². The van der Waals surface area contributed by atoms with Gasteiger partial charge in [0, 0.05) is 16.9 Å². The van der Waals surface area contributed by atoms with Gasteiger partial charge in [0.2, 0.25) is 5.91 Å². The lowest BCUT2D eigenvalue weighted by atomic mass is 9.91. The molecule has 0 aliphatic carbocycles. The van der Waals surface area contributed by atoms with Gasteiger partial charge in [-0.15, -0.1) is 11.8 Å². The fourth-order valence-corrected chi connectivity index (χ4v) is 3.20. The van der Waals surface area contributed by atoms with E-state index in [4.69, 9.17) is 9.47 Å². The highest BCUT2D eigenvalue weighted by atomic mass is 32.2. The second-order valence-electron chi connectivity index (χ2n) is 7.66. The summed E-state index contributed by atoms with van der Waals surface area (Å²) >= 11 is 1.25. The van der Waals surface area contributed by atoms with E-state index < -0.39 is 11.4 Å². The molecule has 0 fully saturated rings. The predicted octanol–water partition coefficient (Wildman–Crippen LogP) is 3.88. The number of ketones is 1. The van der Waals surface area contributed by atoms with Gasteiger partial charge in [-0.3, -0.25) is 9.59 Å². The number of carbonyl (C=O) groups is 3. The molecule has 0 heterocycles. The molecule has 0 radical (unpaired) electrons. The van der Waals surface area contributed by atoms with E-state index in [0.29, 0.717) is 17.0 Å². The number of carbonyl (C=O) groups excluding carboxylic acids is 3. The fourth-order valence-electron chi connectivity index (χ4n) is 2.32. The van der Waals surface area contributed by atoms with Crippen molar-refractivity contribution in [1.82, 2.24) is 5.32 Å². The van der Waals surface area contributed by atoms with Crippen LogP contribution in [0.25, 0.3) is 0 Å². The monoisotopic (exact) mass is 429 g/mol. The summed E-state index contributed by atoms with van der Waals surface area (Å²) in [4.78, 5) is 37.2. The lowest BCUT2D eigenvalue weighted by molar-refractivity contribution is -0.129. The van der Waals surface area contributed by atoms with Crippen LogP contribution in [0.3, 0.4) is 0 Å². The average molecular weight is 430 g/mol. The Hall–Kier alpha value is -2.80. The van der Waals surface area contributed by atoms with E-state index in [1.165, 1.54) is 11.8 Å². The molecular weight excluding hydrogens is 402 g/mol. The molecule has 0 aromatic heterocycles. The van der Waals surface area contributed by atoms with Crippen LogP contribution in [0.5, 0.6) is 5.75 Å². The molecule has 30 heavy (non-hydrogen) atoms. The lowest BCUT2D eigenvalue weighted by Gasteiger charge is -2.16. The number of amides is 1. The summed E-state index contributed by atoms with van der Waals surface area (Å²) < 4.78 is 10.3. The van der Waals surface area contributed by atoms with Crippen LogP contribution < -0.4 is 10.1 Å². The molecule has 1 amide bonds. The molecule has 2 aromatic carbocycles. The second-order valence-corrected chi connectivity index (χ2v) is 8.68. The molecule has 2 rings (SSSR count). The Bertz CT molecular complexity index is 887. The lowest BCUT2D eigenvalue weighted by Crippen LogP contribution is -2.26. The van der Waals surface area contributed by atoms with Crippen molar-refractivity contribution in [2.24, 2.45) is 5.41 Å². The maximum absolute atomic E-state index is 12.4. The number of ether oxygens (including phenoxy) is 2. The van der Waals surface area contributed by atoms with Gasteiger partial charge in [-0.25, -0.2) is 4.79 Å². The molecule has 1 N–H and O–H groups in total. The molecule has 2 aromatic rings. The van der Waals surface area contributed by atoms with E-state index in [0.717, 1.165) is 11.3 Å². The first-order valence-corrected chi connectivity index (χ1v) is 10.5. The average Bonchev–Trinajstić information content (AvgIpc) is 2.74. The zero-order chi connectivity index (χ0) is 22.1. The second kappa shape index (κ2) is 10.8. The zero-order valence-corrected chi connectivity index (χ0v) is 18.5. The number of thioether (sulfide) groups is 1. The van der Waals surface area contributed by atoms with Crippen LogP contribution in [0, 0.1) is 5.41 Å². The predicted molar refractivity (Wildman–Crippen MR) is 117 cm³/mol. The number of benzene rings is 2. The van der Waals surface area contributed by atoms with Crippen molar-refractivity contribution in [2.75, 3.05) is 19.5 Å². The number of rotatable bonds is 9. The van der Waals surface area contributed by atoms with Crippen LogP contribution in [-0.4, -0.2) is 37.1 Å². The number of Topliss-reactive ketones (excluding diaryl/α,β-unsaturated/α-hetero) is 1. The molecule has 0 bridgehead atoms. The van der Waals surface area contributed by atoms with E-state index >= 15 is 0 Å². The van der Waals surface area contributed by atoms with Gasteiger partial charge < -0.3 is 14.8 Å². The van der Waals surface area contributed by atoms with E-state index in [-0.39, 0.29) is 24.1 Å². The third kappa shape index (κ3) is 7.22. The maximum atomic E-state index is 12.4. The Morgan fingerprint density at radius 2 is 1.67 bits per heavy atom. The zero-order valence-electron chi connectivity index (χ0n) is 17.7. The van der Waals surface area contributed by atoms with E-state index in [2.05, 4.69) is 5.32 Å². The van der Waals surface area contributed by atoms with Crippen molar-refractivity contribution in [2.45, 2.75) is 32.2 Å². The standard InChI is InChI=1S/C23H27NO5S/c1-23(2,3)20(25)14-29-22(27)18-7-5-6-8-19(18)30-15-21(26)24-13-16-9-11-17(28-4)12-10-16/h5-12H,13-15H2,1-4H3,(H,24,26). The van der Waals surface area contributed by atoms with E-state index in [1.54, 1.807) is 52.1 Å². The van der Waals surface area contributed by atoms with Crippen molar-refractivity contribution in [3.05, 3.63) is 59.7 Å². The van der Waals surface area contributed by atoms with Gasteiger partial charge in [0.05, 0.1) is 18.4 Å². The third-order valence-electron chi connectivity index (χ3n) is 4.29. The summed E-state index contributed by atoms with van der Waals surface area (Å²) in [6.45, 7) is 5.46. The number of esters is 1. The highest BCUT2D eigenvalue weighted by Crippen LogP contribution is 2.24. The highest BCUT2D eigenvalue weighted by Gasteiger charge is 2.23. The molecular formula is C23H27NO5S.